The molecule has 0 bridgehead atoms. The molecule has 3 rings (SSSR count). The molecule has 130 valence electrons. The lowest BCUT2D eigenvalue weighted by molar-refractivity contribution is 0.0993. The molecule has 7 heteroatoms. The fourth-order valence-electron chi connectivity index (χ4n) is 2.98. The summed E-state index contributed by atoms with van der Waals surface area (Å²) in [6, 6.07) is 7.14. The average molecular weight is 397 g/mol. The van der Waals surface area contributed by atoms with Crippen molar-refractivity contribution < 1.29 is 4.79 Å². The van der Waals surface area contributed by atoms with Crippen LogP contribution in [0.1, 0.15) is 35.4 Å². The summed E-state index contributed by atoms with van der Waals surface area (Å²) < 4.78 is 1.76. The van der Waals surface area contributed by atoms with Crippen LogP contribution in [-0.2, 0) is 6.42 Å². The van der Waals surface area contributed by atoms with Crippen LogP contribution in [-0.4, -0.2) is 15.7 Å². The number of halogens is 3. The lowest BCUT2D eigenvalue weighted by atomic mass is 10.0. The summed E-state index contributed by atoms with van der Waals surface area (Å²) in [6.45, 7) is 1.96. The molecule has 4 nitrogen and oxygen atoms in total. The van der Waals surface area contributed by atoms with Crippen molar-refractivity contribution in [3.8, 4) is 11.3 Å². The van der Waals surface area contributed by atoms with E-state index in [4.69, 9.17) is 40.5 Å². The molecule has 1 amide bonds. The molecule has 1 aliphatic rings. The summed E-state index contributed by atoms with van der Waals surface area (Å²) in [5.74, 6) is -0.560. The van der Waals surface area contributed by atoms with E-state index in [0.717, 1.165) is 16.8 Å². The Balaban J connectivity index is 2.22. The van der Waals surface area contributed by atoms with E-state index in [1.54, 1.807) is 22.9 Å². The molecule has 0 aliphatic heterocycles. The zero-order chi connectivity index (χ0) is 18.1. The SMILES string of the molecule is CCc1c(C(N)=O)nn(C2CC=C(Cl)C=C2Cl)c1-c1ccc(Cl)cc1. The van der Waals surface area contributed by atoms with Gasteiger partial charge in [-0.2, -0.15) is 5.10 Å². The number of allylic oxidation sites excluding steroid dienone is 4. The number of benzene rings is 1. The van der Waals surface area contributed by atoms with Gasteiger partial charge in [0.1, 0.15) is 0 Å². The Hall–Kier alpha value is -1.75. The van der Waals surface area contributed by atoms with Crippen LogP contribution in [0, 0.1) is 0 Å². The zero-order valence-corrected chi connectivity index (χ0v) is 15.7. The smallest absolute Gasteiger partial charge is 0.269 e. The van der Waals surface area contributed by atoms with Crippen LogP contribution in [0.3, 0.4) is 0 Å². The summed E-state index contributed by atoms with van der Waals surface area (Å²) in [6.07, 6.45) is 4.76. The van der Waals surface area contributed by atoms with Gasteiger partial charge in [-0.3, -0.25) is 9.48 Å². The van der Waals surface area contributed by atoms with E-state index in [-0.39, 0.29) is 11.7 Å². The van der Waals surface area contributed by atoms with Gasteiger partial charge in [-0.05, 0) is 31.1 Å². The van der Waals surface area contributed by atoms with Crippen LogP contribution in [0.15, 0.2) is 46.5 Å². The molecule has 1 heterocycles. The third-order valence-electron chi connectivity index (χ3n) is 4.14. The molecule has 1 aromatic carbocycles. The van der Waals surface area contributed by atoms with Crippen LogP contribution in [0.2, 0.25) is 5.02 Å². The highest BCUT2D eigenvalue weighted by atomic mass is 35.5. The molecule has 0 saturated carbocycles. The maximum atomic E-state index is 11.9. The molecule has 2 aromatic rings. The van der Waals surface area contributed by atoms with Gasteiger partial charge in [0.2, 0.25) is 0 Å². The molecule has 2 N–H and O–H groups in total. The largest absolute Gasteiger partial charge is 0.364 e. The summed E-state index contributed by atoms with van der Waals surface area (Å²) in [5.41, 5.74) is 8.31. The van der Waals surface area contributed by atoms with Gasteiger partial charge in [0.05, 0.1) is 11.7 Å². The molecule has 1 aliphatic carbocycles. The van der Waals surface area contributed by atoms with Gasteiger partial charge >= 0.3 is 0 Å². The highest BCUT2D eigenvalue weighted by Gasteiger charge is 2.28. The van der Waals surface area contributed by atoms with Crippen molar-refractivity contribution in [2.75, 3.05) is 0 Å². The molecule has 1 aromatic heterocycles. The second kappa shape index (κ2) is 7.24. The third-order valence-corrected chi connectivity index (χ3v) is 5.01. The van der Waals surface area contributed by atoms with Gasteiger partial charge in [0.15, 0.2) is 5.69 Å². The molecule has 0 spiro atoms. The first-order valence-electron chi connectivity index (χ1n) is 7.82. The van der Waals surface area contributed by atoms with Crippen molar-refractivity contribution in [3.63, 3.8) is 0 Å². The predicted molar refractivity (Wildman–Crippen MR) is 102 cm³/mol. The first-order valence-corrected chi connectivity index (χ1v) is 8.95. The van der Waals surface area contributed by atoms with Gasteiger partial charge < -0.3 is 5.73 Å². The predicted octanol–water partition coefficient (Wildman–Crippen LogP) is 5.06. The minimum absolute atomic E-state index is 0.242. The summed E-state index contributed by atoms with van der Waals surface area (Å²) in [7, 11) is 0. The van der Waals surface area contributed by atoms with Crippen molar-refractivity contribution in [3.05, 3.63) is 62.8 Å². The van der Waals surface area contributed by atoms with Crippen LogP contribution in [0.5, 0.6) is 0 Å². The van der Waals surface area contributed by atoms with Crippen LogP contribution < -0.4 is 5.73 Å². The Morgan fingerprint density at radius 2 is 1.96 bits per heavy atom. The summed E-state index contributed by atoms with van der Waals surface area (Å²) in [4.78, 5) is 11.9. The Morgan fingerprint density at radius 3 is 2.52 bits per heavy atom. The maximum Gasteiger partial charge on any atom is 0.269 e. The molecular formula is C18H16Cl3N3O. The van der Waals surface area contributed by atoms with Crippen LogP contribution in [0.25, 0.3) is 11.3 Å². The fraction of sp³-hybridized carbons (Fsp3) is 0.222. The average Bonchev–Trinajstić information content (AvgIpc) is 2.95. The van der Waals surface area contributed by atoms with Crippen molar-refractivity contribution in [2.45, 2.75) is 25.8 Å². The van der Waals surface area contributed by atoms with E-state index in [1.165, 1.54) is 0 Å². The van der Waals surface area contributed by atoms with Gasteiger partial charge in [-0.25, -0.2) is 0 Å². The minimum atomic E-state index is -0.560. The summed E-state index contributed by atoms with van der Waals surface area (Å²) >= 11 is 18.5. The van der Waals surface area contributed by atoms with E-state index in [1.807, 2.05) is 25.1 Å². The number of carbonyl (C=O) groups excluding carboxylic acids is 1. The van der Waals surface area contributed by atoms with Crippen LogP contribution in [0.4, 0.5) is 0 Å². The minimum Gasteiger partial charge on any atom is -0.364 e. The van der Waals surface area contributed by atoms with E-state index in [2.05, 4.69) is 5.10 Å². The molecule has 1 atom stereocenters. The maximum absolute atomic E-state index is 11.9. The second-order valence-electron chi connectivity index (χ2n) is 5.71. The number of hydrogen-bond acceptors (Lipinski definition) is 2. The van der Waals surface area contributed by atoms with Gasteiger partial charge in [0.25, 0.3) is 5.91 Å². The first kappa shape index (κ1) is 18.1. The Bertz CT molecular complexity index is 882. The Kier molecular flexibility index (Phi) is 5.23. The molecule has 1 unspecified atom stereocenters. The standard InChI is InChI=1S/C18H16Cl3N3O/c1-2-13-16(18(22)25)23-24(15-8-7-12(20)9-14(15)21)17(13)10-3-5-11(19)6-4-10/h3-7,9,15H,2,8H2,1H3,(H2,22,25). The first-order chi connectivity index (χ1) is 11.9. The van der Waals surface area contributed by atoms with E-state index in [9.17, 15) is 4.79 Å². The molecule has 0 saturated heterocycles. The highest BCUT2D eigenvalue weighted by Crippen LogP contribution is 2.38. The van der Waals surface area contributed by atoms with Crippen molar-refractivity contribution in [2.24, 2.45) is 5.73 Å². The van der Waals surface area contributed by atoms with Gasteiger partial charge in [0, 0.05) is 26.2 Å². The topological polar surface area (TPSA) is 60.9 Å². The monoisotopic (exact) mass is 395 g/mol. The Morgan fingerprint density at radius 1 is 1.28 bits per heavy atom. The van der Waals surface area contributed by atoms with E-state index >= 15 is 0 Å². The number of primary amides is 1. The fourth-order valence-corrected chi connectivity index (χ4v) is 3.67. The second-order valence-corrected chi connectivity index (χ2v) is 7.02. The molecular weight excluding hydrogens is 381 g/mol. The van der Waals surface area contributed by atoms with Gasteiger partial charge in [-0.15, -0.1) is 0 Å². The number of carbonyl (C=O) groups is 1. The molecule has 25 heavy (non-hydrogen) atoms. The third kappa shape index (κ3) is 3.47. The molecule has 0 fully saturated rings. The number of hydrogen-bond donors (Lipinski definition) is 1. The zero-order valence-electron chi connectivity index (χ0n) is 13.5. The van der Waals surface area contributed by atoms with E-state index in [0.29, 0.717) is 27.9 Å². The summed E-state index contributed by atoms with van der Waals surface area (Å²) in [5, 5.41) is 6.27. The van der Waals surface area contributed by atoms with Crippen molar-refractivity contribution in [1.29, 1.82) is 0 Å². The highest BCUT2D eigenvalue weighted by molar-refractivity contribution is 6.35. The lowest BCUT2D eigenvalue weighted by Gasteiger charge is -2.21. The van der Waals surface area contributed by atoms with Crippen molar-refractivity contribution >= 4 is 40.7 Å². The quantitative estimate of drug-likeness (QED) is 0.785. The number of amides is 1. The lowest BCUT2D eigenvalue weighted by Crippen LogP contribution is -2.16. The molecule has 0 radical (unpaired) electrons. The van der Waals surface area contributed by atoms with Crippen LogP contribution >= 0.6 is 34.8 Å². The normalized spacial score (nSPS) is 17.2. The Labute approximate surface area is 160 Å². The number of nitrogens with two attached hydrogens (primary N) is 1. The number of aromatic nitrogens is 2. The van der Waals surface area contributed by atoms with Crippen molar-refractivity contribution in [1.82, 2.24) is 9.78 Å². The number of nitrogens with zero attached hydrogens (tertiary/aromatic N) is 2. The number of rotatable bonds is 4. The van der Waals surface area contributed by atoms with Gasteiger partial charge in [-0.1, -0.05) is 59.9 Å². The van der Waals surface area contributed by atoms with E-state index < -0.39 is 5.91 Å².